The fraction of sp³-hybridized carbons (Fsp3) is 0.600. The van der Waals surface area contributed by atoms with Gasteiger partial charge in [0.25, 0.3) is 0 Å². The van der Waals surface area contributed by atoms with Gasteiger partial charge in [-0.05, 0) is 58.1 Å². The molecule has 3 rings (SSSR count). The maximum absolute atomic E-state index is 12.4. The van der Waals surface area contributed by atoms with Gasteiger partial charge >= 0.3 is 6.03 Å². The van der Waals surface area contributed by atoms with Crippen LogP contribution in [0.1, 0.15) is 50.7 Å². The molecule has 0 spiro atoms. The Kier molecular flexibility index (Phi) is 5.69. The van der Waals surface area contributed by atoms with E-state index >= 15 is 0 Å². The van der Waals surface area contributed by atoms with Crippen molar-refractivity contribution < 1.29 is 14.3 Å². The normalized spacial score (nSPS) is 20.2. The summed E-state index contributed by atoms with van der Waals surface area (Å²) in [6.45, 7) is 7.08. The first-order chi connectivity index (χ1) is 12.4. The maximum atomic E-state index is 12.4. The first-order valence-corrected chi connectivity index (χ1v) is 9.55. The van der Waals surface area contributed by atoms with E-state index in [9.17, 15) is 9.59 Å². The maximum Gasteiger partial charge on any atom is 0.315 e. The van der Waals surface area contributed by atoms with E-state index in [2.05, 4.69) is 10.6 Å². The minimum Gasteiger partial charge on any atom is -0.491 e. The number of carbonyl (C=O) groups excluding carboxylic acids is 2. The van der Waals surface area contributed by atoms with E-state index in [1.54, 1.807) is 0 Å². The van der Waals surface area contributed by atoms with Crippen LogP contribution < -0.4 is 15.4 Å². The van der Waals surface area contributed by atoms with E-state index in [0.29, 0.717) is 19.0 Å². The topological polar surface area (TPSA) is 70.7 Å². The minimum atomic E-state index is -0.403. The quantitative estimate of drug-likeness (QED) is 0.820. The second-order valence-electron chi connectivity index (χ2n) is 7.56. The van der Waals surface area contributed by atoms with Crippen molar-refractivity contribution in [2.24, 2.45) is 0 Å². The number of hydrogen-bond acceptors (Lipinski definition) is 3. The number of nitrogens with zero attached hydrogens (tertiary/aromatic N) is 1. The van der Waals surface area contributed by atoms with Crippen LogP contribution in [0.4, 0.5) is 4.79 Å². The molecule has 1 saturated carbocycles. The molecule has 0 radical (unpaired) electrons. The lowest BCUT2D eigenvalue weighted by Gasteiger charge is -2.34. The van der Waals surface area contributed by atoms with E-state index in [1.165, 1.54) is 6.42 Å². The van der Waals surface area contributed by atoms with E-state index < -0.39 is 6.04 Å². The number of aryl methyl sites for hydroxylation is 1. The number of amides is 3. The summed E-state index contributed by atoms with van der Waals surface area (Å²) in [6, 6.07) is 5.62. The lowest BCUT2D eigenvalue weighted by molar-refractivity contribution is -0.132. The van der Waals surface area contributed by atoms with Crippen LogP contribution in [0.3, 0.4) is 0 Å². The van der Waals surface area contributed by atoms with Crippen molar-refractivity contribution in [2.75, 3.05) is 6.54 Å². The molecule has 0 aromatic heterocycles. The molecule has 26 heavy (non-hydrogen) atoms. The average molecular weight is 359 g/mol. The summed E-state index contributed by atoms with van der Waals surface area (Å²) in [5.74, 6) is 0.845. The highest BCUT2D eigenvalue weighted by Gasteiger charge is 2.38. The molecule has 0 bridgehead atoms. The molecular formula is C20H29N3O3. The Bertz CT molecular complexity index is 670. The van der Waals surface area contributed by atoms with Crippen LogP contribution >= 0.6 is 0 Å². The third-order valence-corrected chi connectivity index (χ3v) is 5.09. The van der Waals surface area contributed by atoms with E-state index in [0.717, 1.165) is 36.3 Å². The van der Waals surface area contributed by atoms with Crippen LogP contribution in [0.25, 0.3) is 0 Å². The van der Waals surface area contributed by atoms with Gasteiger partial charge < -0.3 is 20.3 Å². The van der Waals surface area contributed by atoms with Crippen molar-refractivity contribution in [3.63, 3.8) is 0 Å². The Morgan fingerprint density at radius 3 is 2.73 bits per heavy atom. The van der Waals surface area contributed by atoms with Gasteiger partial charge in [-0.3, -0.25) is 4.79 Å². The minimum absolute atomic E-state index is 0.0593. The van der Waals surface area contributed by atoms with Gasteiger partial charge in [0.05, 0.1) is 6.10 Å². The molecule has 1 aromatic carbocycles. The molecule has 1 atom stereocenters. The highest BCUT2D eigenvalue weighted by molar-refractivity contribution is 5.88. The first-order valence-electron chi connectivity index (χ1n) is 9.55. The summed E-state index contributed by atoms with van der Waals surface area (Å²) in [5, 5.41) is 5.67. The standard InChI is InChI=1S/C20H29N3O3/c1-13(2)26-18-11-14(3)7-8-15(18)12-21-20(25)22-17-9-10-23(19(17)24)16-5-4-6-16/h7-8,11,13,16-17H,4-6,9-10,12H2,1-3H3,(H2,21,22,25). The average Bonchev–Trinajstić information content (AvgIpc) is 2.86. The summed E-state index contributed by atoms with van der Waals surface area (Å²) < 4.78 is 5.84. The lowest BCUT2D eigenvalue weighted by atomic mass is 9.92. The molecule has 1 aliphatic heterocycles. The predicted octanol–water partition coefficient (Wildman–Crippen LogP) is 2.73. The Morgan fingerprint density at radius 1 is 1.31 bits per heavy atom. The zero-order chi connectivity index (χ0) is 18.7. The van der Waals surface area contributed by atoms with Crippen molar-refractivity contribution in [2.45, 2.75) is 71.2 Å². The van der Waals surface area contributed by atoms with Crippen molar-refractivity contribution in [1.82, 2.24) is 15.5 Å². The number of nitrogens with one attached hydrogen (secondary N) is 2. The third kappa shape index (κ3) is 4.29. The number of ether oxygens (including phenoxy) is 1. The van der Waals surface area contributed by atoms with Crippen molar-refractivity contribution in [3.05, 3.63) is 29.3 Å². The van der Waals surface area contributed by atoms with Gasteiger partial charge in [-0.2, -0.15) is 0 Å². The Hall–Kier alpha value is -2.24. The third-order valence-electron chi connectivity index (χ3n) is 5.09. The molecule has 1 heterocycles. The van der Waals surface area contributed by atoms with Crippen LogP contribution in [0.5, 0.6) is 5.75 Å². The molecule has 1 unspecified atom stereocenters. The van der Waals surface area contributed by atoms with Gasteiger partial charge in [0.15, 0.2) is 0 Å². The van der Waals surface area contributed by atoms with Gasteiger partial charge in [0, 0.05) is 24.7 Å². The summed E-state index contributed by atoms with van der Waals surface area (Å²) in [7, 11) is 0. The lowest BCUT2D eigenvalue weighted by Crippen LogP contribution is -2.48. The predicted molar refractivity (Wildman–Crippen MR) is 100 cm³/mol. The fourth-order valence-corrected chi connectivity index (χ4v) is 3.45. The highest BCUT2D eigenvalue weighted by atomic mass is 16.5. The Balaban J connectivity index is 1.52. The molecule has 6 nitrogen and oxygen atoms in total. The van der Waals surface area contributed by atoms with Crippen molar-refractivity contribution in [1.29, 1.82) is 0 Å². The molecule has 2 aliphatic rings. The highest BCUT2D eigenvalue weighted by Crippen LogP contribution is 2.28. The second kappa shape index (κ2) is 7.98. The Morgan fingerprint density at radius 2 is 2.08 bits per heavy atom. The SMILES string of the molecule is Cc1ccc(CNC(=O)NC2CCN(C3CCC3)C2=O)c(OC(C)C)c1. The van der Waals surface area contributed by atoms with Crippen LogP contribution in [-0.4, -0.2) is 41.6 Å². The van der Waals surface area contributed by atoms with Gasteiger partial charge in [0.1, 0.15) is 11.8 Å². The number of hydrogen-bond donors (Lipinski definition) is 2. The zero-order valence-corrected chi connectivity index (χ0v) is 15.9. The molecule has 2 N–H and O–H groups in total. The van der Waals surface area contributed by atoms with Gasteiger partial charge in [0.2, 0.25) is 5.91 Å². The number of benzene rings is 1. The van der Waals surface area contributed by atoms with Crippen LogP contribution in [0, 0.1) is 6.92 Å². The molecule has 6 heteroatoms. The molecule has 1 aromatic rings. The number of likely N-dealkylation sites (tertiary alicyclic amines) is 1. The molecule has 1 saturated heterocycles. The molecule has 3 amide bonds. The number of rotatable bonds is 6. The largest absolute Gasteiger partial charge is 0.491 e. The summed E-state index contributed by atoms with van der Waals surface area (Å²) >= 11 is 0. The van der Waals surface area contributed by atoms with E-state index in [1.807, 2.05) is 43.9 Å². The summed E-state index contributed by atoms with van der Waals surface area (Å²) in [5.41, 5.74) is 2.04. The number of urea groups is 1. The van der Waals surface area contributed by atoms with Crippen molar-refractivity contribution >= 4 is 11.9 Å². The molecule has 1 aliphatic carbocycles. The van der Waals surface area contributed by atoms with Crippen LogP contribution in [0.15, 0.2) is 18.2 Å². The van der Waals surface area contributed by atoms with Gasteiger partial charge in [-0.25, -0.2) is 4.79 Å². The van der Waals surface area contributed by atoms with E-state index in [-0.39, 0.29) is 18.0 Å². The molecule has 142 valence electrons. The van der Waals surface area contributed by atoms with Crippen LogP contribution in [-0.2, 0) is 11.3 Å². The van der Waals surface area contributed by atoms with Gasteiger partial charge in [-0.1, -0.05) is 12.1 Å². The number of carbonyl (C=O) groups is 2. The zero-order valence-electron chi connectivity index (χ0n) is 15.9. The van der Waals surface area contributed by atoms with Crippen molar-refractivity contribution in [3.8, 4) is 5.75 Å². The van der Waals surface area contributed by atoms with E-state index in [4.69, 9.17) is 4.74 Å². The Labute approximate surface area is 155 Å². The molecule has 2 fully saturated rings. The molecular weight excluding hydrogens is 330 g/mol. The fourth-order valence-electron chi connectivity index (χ4n) is 3.45. The summed E-state index contributed by atoms with van der Waals surface area (Å²) in [6.07, 6.45) is 4.14. The smallest absolute Gasteiger partial charge is 0.315 e. The van der Waals surface area contributed by atoms with Crippen LogP contribution in [0.2, 0.25) is 0 Å². The van der Waals surface area contributed by atoms with Gasteiger partial charge in [-0.15, -0.1) is 0 Å². The summed E-state index contributed by atoms with van der Waals surface area (Å²) in [4.78, 5) is 26.6. The first kappa shape index (κ1) is 18.5. The second-order valence-corrected chi connectivity index (χ2v) is 7.56. The monoisotopic (exact) mass is 359 g/mol.